The molecule has 0 aliphatic carbocycles. The minimum atomic E-state index is 0. The number of rotatable bonds is 0. The van der Waals surface area contributed by atoms with Crippen LogP contribution in [-0.2, 0) is 50.1 Å². The van der Waals surface area contributed by atoms with E-state index in [4.69, 9.17) is 0 Å². The average molecular weight is 274 g/mol. The van der Waals surface area contributed by atoms with Gasteiger partial charge in [0.05, 0.1) is 0 Å². The van der Waals surface area contributed by atoms with Gasteiger partial charge in [0.25, 0.3) is 0 Å². The van der Waals surface area contributed by atoms with Crippen LogP contribution in [0.1, 0.15) is 11.1 Å². The third kappa shape index (κ3) is 2.52. The fraction of sp³-hybridized carbons (Fsp3) is 0.455. The second kappa shape index (κ2) is 5.58. The molecule has 1 aromatic rings. The standard InChI is InChI=1S/C11H12N2.2V/c1-2-4-10-8-13-6-5-12-11(13)7-9(10)3-1;;/h1-2,4,11H,5-8H2;;/q-2;;. The van der Waals surface area contributed by atoms with E-state index >= 15 is 0 Å². The summed E-state index contributed by atoms with van der Waals surface area (Å²) >= 11 is 0. The molecule has 4 heteroatoms. The van der Waals surface area contributed by atoms with Gasteiger partial charge in [0.2, 0.25) is 0 Å². The van der Waals surface area contributed by atoms with E-state index in [1.807, 2.05) is 6.07 Å². The van der Waals surface area contributed by atoms with Gasteiger partial charge in [0.1, 0.15) is 0 Å². The first kappa shape index (κ1) is 13.4. The number of benzene rings is 1. The van der Waals surface area contributed by atoms with Gasteiger partial charge in [-0.05, 0) is 13.1 Å². The van der Waals surface area contributed by atoms with Gasteiger partial charge < -0.3 is 10.2 Å². The first-order valence-corrected chi connectivity index (χ1v) is 4.82. The molecule has 2 heterocycles. The van der Waals surface area contributed by atoms with Crippen molar-refractivity contribution < 1.29 is 37.1 Å². The summed E-state index contributed by atoms with van der Waals surface area (Å²) in [5, 5.41) is 4.56. The molecule has 1 fully saturated rings. The van der Waals surface area contributed by atoms with Gasteiger partial charge in [-0.3, -0.25) is 0 Å². The molecule has 1 saturated heterocycles. The minimum absolute atomic E-state index is 0. The van der Waals surface area contributed by atoms with Crippen molar-refractivity contribution in [2.45, 2.75) is 19.1 Å². The van der Waals surface area contributed by atoms with Gasteiger partial charge in [-0.2, -0.15) is 29.8 Å². The van der Waals surface area contributed by atoms with Crippen LogP contribution in [0.15, 0.2) is 18.2 Å². The van der Waals surface area contributed by atoms with E-state index in [9.17, 15) is 0 Å². The zero-order valence-corrected chi connectivity index (χ0v) is 11.2. The molecule has 1 unspecified atom stereocenters. The number of fused-ring (bicyclic) bond motifs is 2. The Morgan fingerprint density at radius 2 is 2.27 bits per heavy atom. The summed E-state index contributed by atoms with van der Waals surface area (Å²) in [5.41, 5.74) is 2.81. The van der Waals surface area contributed by atoms with Crippen molar-refractivity contribution in [3.05, 3.63) is 40.7 Å². The van der Waals surface area contributed by atoms with Gasteiger partial charge in [0.15, 0.2) is 0 Å². The molecule has 0 bridgehead atoms. The van der Waals surface area contributed by atoms with Crippen LogP contribution in [0.2, 0.25) is 0 Å². The van der Waals surface area contributed by atoms with Gasteiger partial charge in [-0.25, -0.2) is 0 Å². The molecule has 2 aliphatic rings. The molecule has 2 nitrogen and oxygen atoms in total. The van der Waals surface area contributed by atoms with Crippen LogP contribution in [-0.4, -0.2) is 24.2 Å². The fourth-order valence-electron chi connectivity index (χ4n) is 2.22. The Morgan fingerprint density at radius 3 is 3.13 bits per heavy atom. The van der Waals surface area contributed by atoms with Gasteiger partial charge in [0, 0.05) is 37.1 Å². The third-order valence-corrected chi connectivity index (χ3v) is 2.95. The van der Waals surface area contributed by atoms with Crippen LogP contribution in [0.4, 0.5) is 0 Å². The molecule has 0 spiro atoms. The molecule has 2 aliphatic heterocycles. The van der Waals surface area contributed by atoms with E-state index in [0.717, 1.165) is 26.1 Å². The molecule has 1 atom stereocenters. The maximum absolute atomic E-state index is 4.56. The van der Waals surface area contributed by atoms with E-state index in [-0.39, 0.29) is 37.1 Å². The summed E-state index contributed by atoms with van der Waals surface area (Å²) in [6.45, 7) is 3.22. The number of hydrogen-bond donors (Lipinski definition) is 0. The van der Waals surface area contributed by atoms with E-state index in [1.54, 1.807) is 0 Å². The van der Waals surface area contributed by atoms with Crippen molar-refractivity contribution in [3.8, 4) is 0 Å². The van der Waals surface area contributed by atoms with E-state index in [1.165, 1.54) is 11.1 Å². The summed E-state index contributed by atoms with van der Waals surface area (Å²) < 4.78 is 0. The first-order chi connectivity index (χ1) is 6.43. The van der Waals surface area contributed by atoms with Crippen molar-refractivity contribution in [1.82, 2.24) is 4.90 Å². The van der Waals surface area contributed by atoms with E-state index in [0.29, 0.717) is 6.17 Å². The van der Waals surface area contributed by atoms with E-state index in [2.05, 4.69) is 28.4 Å². The molecule has 0 amide bonds. The summed E-state index contributed by atoms with van der Waals surface area (Å²) in [5.74, 6) is 0. The quantitative estimate of drug-likeness (QED) is 0.656. The zero-order valence-electron chi connectivity index (χ0n) is 8.43. The second-order valence-electron chi connectivity index (χ2n) is 3.74. The molecular weight excluding hydrogens is 262 g/mol. The Labute approximate surface area is 115 Å². The Bertz CT molecular complexity index is 299. The second-order valence-corrected chi connectivity index (χ2v) is 3.74. The van der Waals surface area contributed by atoms with E-state index < -0.39 is 0 Å². The van der Waals surface area contributed by atoms with Gasteiger partial charge in [-0.1, -0.05) is 12.6 Å². The van der Waals surface area contributed by atoms with Gasteiger partial charge in [-0.15, -0.1) is 12.1 Å². The maximum Gasteiger partial charge on any atom is 0 e. The van der Waals surface area contributed by atoms with Crippen LogP contribution < -0.4 is 0 Å². The maximum atomic E-state index is 4.56. The largest absolute Gasteiger partial charge is 0.646 e. The molecule has 0 aromatic heterocycles. The minimum Gasteiger partial charge on any atom is -0.646 e. The van der Waals surface area contributed by atoms with Crippen LogP contribution >= 0.6 is 0 Å². The SMILES string of the molecule is [V].[V].[c-]1cccc2c1CC1[N-]CCN1C2. The van der Waals surface area contributed by atoms with Crippen molar-refractivity contribution in [1.29, 1.82) is 0 Å². The first-order valence-electron chi connectivity index (χ1n) is 4.82. The van der Waals surface area contributed by atoms with Crippen LogP contribution in [0, 0.1) is 6.07 Å². The Morgan fingerprint density at radius 1 is 1.40 bits per heavy atom. The molecule has 3 rings (SSSR count). The molecular formula is C11H12N2V2-2. The molecule has 0 saturated carbocycles. The van der Waals surface area contributed by atoms with Gasteiger partial charge >= 0.3 is 0 Å². The summed E-state index contributed by atoms with van der Waals surface area (Å²) in [6, 6.07) is 9.60. The average Bonchev–Trinajstić information content (AvgIpc) is 2.61. The predicted octanol–water partition coefficient (Wildman–Crippen LogP) is 1.55. The Kier molecular flexibility index (Phi) is 4.98. The smallest absolute Gasteiger partial charge is 0 e. The predicted molar refractivity (Wildman–Crippen MR) is 51.4 cm³/mol. The van der Waals surface area contributed by atoms with Crippen molar-refractivity contribution in [2.75, 3.05) is 13.1 Å². The summed E-state index contributed by atoms with van der Waals surface area (Å²) in [4.78, 5) is 2.45. The number of hydrogen-bond acceptors (Lipinski definition) is 1. The third-order valence-electron chi connectivity index (χ3n) is 2.95. The normalized spacial score (nSPS) is 23.3. The summed E-state index contributed by atoms with van der Waals surface area (Å²) in [7, 11) is 0. The van der Waals surface area contributed by atoms with Crippen LogP contribution in [0.25, 0.3) is 5.32 Å². The molecule has 15 heavy (non-hydrogen) atoms. The Hall–Kier alpha value is 0.309. The topological polar surface area (TPSA) is 17.3 Å². The van der Waals surface area contributed by atoms with Crippen LogP contribution in [0.5, 0.6) is 0 Å². The molecule has 2 radical (unpaired) electrons. The fourth-order valence-corrected chi connectivity index (χ4v) is 2.22. The van der Waals surface area contributed by atoms with Crippen molar-refractivity contribution in [3.63, 3.8) is 0 Å². The molecule has 0 N–H and O–H groups in total. The van der Waals surface area contributed by atoms with Crippen LogP contribution in [0.3, 0.4) is 0 Å². The Balaban J connectivity index is 0.000000562. The molecule has 1 aromatic carbocycles. The number of nitrogens with zero attached hydrogens (tertiary/aromatic N) is 2. The van der Waals surface area contributed by atoms with Crippen molar-refractivity contribution >= 4 is 0 Å². The molecule has 78 valence electrons. The van der Waals surface area contributed by atoms with Crippen molar-refractivity contribution in [2.24, 2.45) is 0 Å². The summed E-state index contributed by atoms with van der Waals surface area (Å²) in [6.07, 6.45) is 1.52. The zero-order chi connectivity index (χ0) is 8.67. The monoisotopic (exact) mass is 274 g/mol.